The molecular weight excluding hydrogens is 479 g/mol. The lowest BCUT2D eigenvalue weighted by Gasteiger charge is -2.36. The minimum Gasteiger partial charge on any atom is -0.370 e. The van der Waals surface area contributed by atoms with E-state index in [9.17, 15) is 0 Å². The quantitative estimate of drug-likeness (QED) is 0.350. The molecule has 1 fully saturated rings. The first-order valence-electron chi connectivity index (χ1n) is 10.1. The Labute approximate surface area is 191 Å². The number of halogens is 1. The topological polar surface area (TPSA) is 60.1 Å². The van der Waals surface area contributed by atoms with E-state index in [0.717, 1.165) is 64.0 Å². The van der Waals surface area contributed by atoms with Gasteiger partial charge in [-0.1, -0.05) is 17.3 Å². The van der Waals surface area contributed by atoms with Crippen molar-refractivity contribution >= 4 is 35.6 Å². The van der Waals surface area contributed by atoms with Crippen LogP contribution >= 0.6 is 24.0 Å². The van der Waals surface area contributed by atoms with Gasteiger partial charge in [-0.3, -0.25) is 9.89 Å². The highest BCUT2D eigenvalue weighted by Gasteiger charge is 2.20. The van der Waals surface area contributed by atoms with E-state index in [2.05, 4.69) is 68.3 Å². The summed E-state index contributed by atoms with van der Waals surface area (Å²) in [5.74, 6) is 0.987. The van der Waals surface area contributed by atoms with Gasteiger partial charge in [0, 0.05) is 71.2 Å². The molecule has 3 rings (SSSR count). The number of hydrogen-bond acceptors (Lipinski definition) is 5. The van der Waals surface area contributed by atoms with E-state index in [1.54, 1.807) is 6.26 Å². The minimum absolute atomic E-state index is 0. The van der Waals surface area contributed by atoms with Gasteiger partial charge in [-0.05, 0) is 31.5 Å². The highest BCUT2D eigenvalue weighted by atomic mass is 127. The predicted molar refractivity (Wildman–Crippen MR) is 129 cm³/mol. The molecule has 160 valence electrons. The second-order valence-corrected chi connectivity index (χ2v) is 7.15. The number of likely N-dealkylation sites (N-methyl/N-ethyl adjacent to an activating group) is 1. The molecule has 1 aliphatic rings. The number of guanidine groups is 1. The first kappa shape index (κ1) is 23.5. The van der Waals surface area contributed by atoms with Crippen LogP contribution in [0.5, 0.6) is 0 Å². The number of hydrogen-bond donors (Lipinski definition) is 1. The van der Waals surface area contributed by atoms with Gasteiger partial charge < -0.3 is 19.6 Å². The number of aromatic nitrogens is 1. The summed E-state index contributed by atoms with van der Waals surface area (Å²) in [5.41, 5.74) is 3.57. The Bertz CT molecular complexity index is 743. The van der Waals surface area contributed by atoms with Crippen LogP contribution in [0.1, 0.15) is 18.2 Å². The summed E-state index contributed by atoms with van der Waals surface area (Å²) in [6, 6.07) is 10.6. The van der Waals surface area contributed by atoms with Crippen LogP contribution in [0.25, 0.3) is 0 Å². The van der Waals surface area contributed by atoms with Crippen molar-refractivity contribution in [3.05, 3.63) is 47.9 Å². The summed E-state index contributed by atoms with van der Waals surface area (Å²) in [6.45, 7) is 11.9. The third kappa shape index (κ3) is 6.88. The lowest BCUT2D eigenvalue weighted by molar-refractivity contribution is 0.169. The maximum Gasteiger partial charge on any atom is 0.193 e. The average Bonchev–Trinajstić information content (AvgIpc) is 3.22. The maximum absolute atomic E-state index is 4.92. The van der Waals surface area contributed by atoms with E-state index in [1.807, 2.05) is 13.1 Å². The minimum atomic E-state index is 0. The van der Waals surface area contributed by atoms with Crippen molar-refractivity contribution in [2.75, 3.05) is 57.8 Å². The number of aryl methyl sites for hydroxylation is 1. The fourth-order valence-corrected chi connectivity index (χ4v) is 3.60. The van der Waals surface area contributed by atoms with Crippen molar-refractivity contribution in [1.29, 1.82) is 0 Å². The summed E-state index contributed by atoms with van der Waals surface area (Å²) >= 11 is 0. The second kappa shape index (κ2) is 12.0. The van der Waals surface area contributed by atoms with Gasteiger partial charge in [0.15, 0.2) is 5.96 Å². The molecule has 2 heterocycles. The SMILES string of the molecule is CCN(CCNC(=NC)N1CCN(Cc2ccon2)CC1)c1cccc(C)c1.I. The first-order valence-corrected chi connectivity index (χ1v) is 10.1. The van der Waals surface area contributed by atoms with E-state index in [0.29, 0.717) is 0 Å². The molecule has 29 heavy (non-hydrogen) atoms. The van der Waals surface area contributed by atoms with Crippen LogP contribution in [0.3, 0.4) is 0 Å². The second-order valence-electron chi connectivity index (χ2n) is 7.15. The van der Waals surface area contributed by atoms with Crippen LogP contribution in [0.15, 0.2) is 46.1 Å². The Morgan fingerprint density at radius 2 is 2.03 bits per heavy atom. The van der Waals surface area contributed by atoms with Crippen LogP contribution in [0, 0.1) is 6.92 Å². The predicted octanol–water partition coefficient (Wildman–Crippen LogP) is 2.82. The number of benzene rings is 1. The fraction of sp³-hybridized carbons (Fsp3) is 0.524. The standard InChI is InChI=1S/C21H32N6O.HI/c1-4-26(20-7-5-6-18(2)16-20)10-9-23-21(22-3)27-13-11-25(12-14-27)17-19-8-15-28-24-19;/h5-8,15-16H,4,9-14,17H2,1-3H3,(H,22,23);1H. The highest BCUT2D eigenvalue weighted by Crippen LogP contribution is 2.15. The van der Waals surface area contributed by atoms with E-state index in [-0.39, 0.29) is 24.0 Å². The molecule has 0 unspecified atom stereocenters. The van der Waals surface area contributed by atoms with Crippen molar-refractivity contribution in [1.82, 2.24) is 20.3 Å². The molecule has 1 N–H and O–H groups in total. The normalized spacial score (nSPS) is 15.1. The third-order valence-corrected chi connectivity index (χ3v) is 5.17. The van der Waals surface area contributed by atoms with Gasteiger partial charge in [0.25, 0.3) is 0 Å². The van der Waals surface area contributed by atoms with Crippen molar-refractivity contribution in [2.45, 2.75) is 20.4 Å². The van der Waals surface area contributed by atoms with E-state index < -0.39 is 0 Å². The Morgan fingerprint density at radius 3 is 2.66 bits per heavy atom. The summed E-state index contributed by atoms with van der Waals surface area (Å²) in [6.07, 6.45) is 1.63. The maximum atomic E-state index is 4.92. The molecule has 1 saturated heterocycles. The molecule has 0 saturated carbocycles. The lowest BCUT2D eigenvalue weighted by Crippen LogP contribution is -2.53. The Balaban J connectivity index is 0.00000300. The van der Waals surface area contributed by atoms with Crippen molar-refractivity contribution in [2.24, 2.45) is 4.99 Å². The third-order valence-electron chi connectivity index (χ3n) is 5.17. The molecule has 0 spiro atoms. The number of anilines is 1. The fourth-order valence-electron chi connectivity index (χ4n) is 3.60. The zero-order valence-corrected chi connectivity index (χ0v) is 20.0. The van der Waals surface area contributed by atoms with Gasteiger partial charge in [0.05, 0.1) is 5.69 Å². The molecule has 0 atom stereocenters. The van der Waals surface area contributed by atoms with Crippen LogP contribution in [0.2, 0.25) is 0 Å². The molecule has 0 aliphatic carbocycles. The number of nitrogens with zero attached hydrogens (tertiary/aromatic N) is 5. The summed E-state index contributed by atoms with van der Waals surface area (Å²) < 4.78 is 4.92. The molecule has 1 aliphatic heterocycles. The molecule has 0 bridgehead atoms. The van der Waals surface area contributed by atoms with Gasteiger partial charge >= 0.3 is 0 Å². The zero-order chi connectivity index (χ0) is 19.8. The molecule has 8 heteroatoms. The molecule has 0 amide bonds. The molecule has 2 aromatic rings. The van der Waals surface area contributed by atoms with Crippen molar-refractivity contribution < 1.29 is 4.52 Å². The molecule has 7 nitrogen and oxygen atoms in total. The van der Waals surface area contributed by atoms with Gasteiger partial charge in [-0.2, -0.15) is 0 Å². The largest absolute Gasteiger partial charge is 0.370 e. The number of aliphatic imine (C=N–C) groups is 1. The average molecular weight is 512 g/mol. The molecular formula is C21H33IN6O. The number of piperazine rings is 1. The van der Waals surface area contributed by atoms with Gasteiger partial charge in [-0.15, -0.1) is 24.0 Å². The Kier molecular flexibility index (Phi) is 9.72. The smallest absolute Gasteiger partial charge is 0.193 e. The highest BCUT2D eigenvalue weighted by molar-refractivity contribution is 14.0. The summed E-state index contributed by atoms with van der Waals surface area (Å²) in [5, 5.41) is 7.54. The summed E-state index contributed by atoms with van der Waals surface area (Å²) in [4.78, 5) is 11.6. The van der Waals surface area contributed by atoms with Crippen molar-refractivity contribution in [3.8, 4) is 0 Å². The lowest BCUT2D eigenvalue weighted by atomic mass is 10.2. The van der Waals surface area contributed by atoms with Crippen LogP contribution in [-0.4, -0.2) is 73.8 Å². The van der Waals surface area contributed by atoms with E-state index >= 15 is 0 Å². The monoisotopic (exact) mass is 512 g/mol. The van der Waals surface area contributed by atoms with Gasteiger partial charge in [0.1, 0.15) is 6.26 Å². The van der Waals surface area contributed by atoms with E-state index in [1.165, 1.54) is 11.3 Å². The van der Waals surface area contributed by atoms with Crippen LogP contribution < -0.4 is 10.2 Å². The number of rotatable bonds is 7. The Hall–Kier alpha value is -1.81. The molecule has 1 aromatic carbocycles. The van der Waals surface area contributed by atoms with Crippen molar-refractivity contribution in [3.63, 3.8) is 0 Å². The van der Waals surface area contributed by atoms with E-state index in [4.69, 9.17) is 4.52 Å². The molecule has 0 radical (unpaired) electrons. The first-order chi connectivity index (χ1) is 13.7. The van der Waals surface area contributed by atoms with Gasteiger partial charge in [-0.25, -0.2) is 0 Å². The molecule has 1 aromatic heterocycles. The Morgan fingerprint density at radius 1 is 1.24 bits per heavy atom. The van der Waals surface area contributed by atoms with Gasteiger partial charge in [0.2, 0.25) is 0 Å². The van der Waals surface area contributed by atoms with Crippen LogP contribution in [-0.2, 0) is 6.54 Å². The zero-order valence-electron chi connectivity index (χ0n) is 17.7. The number of nitrogens with one attached hydrogen (secondary N) is 1. The summed E-state index contributed by atoms with van der Waals surface area (Å²) in [7, 11) is 1.86. The van der Waals surface area contributed by atoms with Crippen LogP contribution in [0.4, 0.5) is 5.69 Å².